The maximum Gasteiger partial charge on any atom is 0.336 e. The number of benzene rings is 2. The molecule has 0 amide bonds. The van der Waals surface area contributed by atoms with Crippen LogP contribution in [0.4, 0.5) is 0 Å². The molecule has 0 fully saturated rings. The van der Waals surface area contributed by atoms with Crippen LogP contribution in [0, 0.1) is 0 Å². The molecule has 2 heterocycles. The van der Waals surface area contributed by atoms with Gasteiger partial charge in [0.05, 0.1) is 12.2 Å². The number of ketones is 1. The predicted octanol–water partition coefficient (Wildman–Crippen LogP) is 5.01. The molecule has 8 heteroatoms. The second-order valence-electron chi connectivity index (χ2n) is 8.99. The molecular formula is C28H28ClNO6. The van der Waals surface area contributed by atoms with Crippen molar-refractivity contribution in [1.29, 1.82) is 0 Å². The fraction of sp³-hybridized carbons (Fsp3) is 0.357. The number of Topliss-reactive ketones (excluding diaryl/α,β-unsaturated/α-hetero) is 1. The highest BCUT2D eigenvalue weighted by atomic mass is 35.5. The van der Waals surface area contributed by atoms with Gasteiger partial charge in [0.25, 0.3) is 0 Å². The van der Waals surface area contributed by atoms with Crippen molar-refractivity contribution in [2.45, 2.75) is 38.5 Å². The minimum atomic E-state index is -0.688. The van der Waals surface area contributed by atoms with Gasteiger partial charge in [0.15, 0.2) is 17.3 Å². The molecule has 3 aliphatic rings. The van der Waals surface area contributed by atoms with E-state index in [1.807, 2.05) is 44.2 Å². The van der Waals surface area contributed by atoms with Crippen molar-refractivity contribution in [3.05, 3.63) is 81.2 Å². The van der Waals surface area contributed by atoms with E-state index in [1.165, 1.54) is 0 Å². The Kier molecular flexibility index (Phi) is 7.03. The lowest BCUT2D eigenvalue weighted by Gasteiger charge is -2.37. The van der Waals surface area contributed by atoms with Crippen LogP contribution in [0.2, 0.25) is 5.02 Å². The number of hydrogen-bond acceptors (Lipinski definition) is 7. The molecule has 0 unspecified atom stereocenters. The third-order valence-electron chi connectivity index (χ3n) is 6.79. The molecule has 2 aliphatic heterocycles. The van der Waals surface area contributed by atoms with Gasteiger partial charge in [-0.1, -0.05) is 41.9 Å². The largest absolute Gasteiger partial charge is 0.460 e. The highest BCUT2D eigenvalue weighted by Crippen LogP contribution is 2.49. The van der Waals surface area contributed by atoms with Crippen LogP contribution in [0.5, 0.6) is 11.5 Å². The second kappa shape index (κ2) is 10.4. The lowest BCUT2D eigenvalue weighted by atomic mass is 9.71. The van der Waals surface area contributed by atoms with E-state index in [-0.39, 0.29) is 25.1 Å². The van der Waals surface area contributed by atoms with Crippen molar-refractivity contribution in [2.75, 3.05) is 26.6 Å². The molecule has 188 valence electrons. The van der Waals surface area contributed by atoms with Gasteiger partial charge in [0, 0.05) is 47.0 Å². The minimum absolute atomic E-state index is 0.0246. The quantitative estimate of drug-likeness (QED) is 0.415. The third kappa shape index (κ3) is 4.61. The number of ether oxygens (including phenoxy) is 4. The summed E-state index contributed by atoms with van der Waals surface area (Å²) in [5.74, 6) is -0.112. The molecule has 5 rings (SSSR count). The first-order valence-corrected chi connectivity index (χ1v) is 12.5. The van der Waals surface area contributed by atoms with E-state index in [9.17, 15) is 9.59 Å². The number of allylic oxidation sites excluding steroid dienone is 3. The molecule has 2 aromatic rings. The van der Waals surface area contributed by atoms with Crippen molar-refractivity contribution in [3.63, 3.8) is 0 Å². The summed E-state index contributed by atoms with van der Waals surface area (Å²) >= 11 is 6.72. The van der Waals surface area contributed by atoms with Crippen LogP contribution in [0.15, 0.2) is 65.0 Å². The number of carbonyl (C=O) groups excluding carboxylic acids is 2. The SMILES string of the molecule is CCOCCOC(=O)C1=C(C)NC2=C(C(=O)C[C@H](c3ccccc3)C2)[C@@H]1c1cc2c(cc1Cl)OCO2. The zero-order chi connectivity index (χ0) is 25.2. The Morgan fingerprint density at radius 1 is 1.11 bits per heavy atom. The molecule has 0 saturated heterocycles. The molecular weight excluding hydrogens is 482 g/mol. The molecule has 2 aromatic carbocycles. The summed E-state index contributed by atoms with van der Waals surface area (Å²) < 4.78 is 21.9. The number of esters is 1. The predicted molar refractivity (Wildman–Crippen MR) is 134 cm³/mol. The molecule has 36 heavy (non-hydrogen) atoms. The summed E-state index contributed by atoms with van der Waals surface area (Å²) in [5, 5.41) is 3.75. The lowest BCUT2D eigenvalue weighted by molar-refractivity contribution is -0.140. The third-order valence-corrected chi connectivity index (χ3v) is 7.11. The fourth-order valence-corrected chi connectivity index (χ4v) is 5.41. The van der Waals surface area contributed by atoms with Gasteiger partial charge in [0.1, 0.15) is 6.61 Å². The normalized spacial score (nSPS) is 20.8. The van der Waals surface area contributed by atoms with Gasteiger partial charge in [-0.2, -0.15) is 0 Å². The number of halogens is 1. The van der Waals surface area contributed by atoms with Gasteiger partial charge < -0.3 is 24.3 Å². The maximum absolute atomic E-state index is 13.7. The Balaban J connectivity index is 1.56. The first-order chi connectivity index (χ1) is 17.5. The summed E-state index contributed by atoms with van der Waals surface area (Å²) in [7, 11) is 0. The topological polar surface area (TPSA) is 83.1 Å². The van der Waals surface area contributed by atoms with Crippen molar-refractivity contribution in [3.8, 4) is 11.5 Å². The van der Waals surface area contributed by atoms with Gasteiger partial charge in [0.2, 0.25) is 6.79 Å². The highest BCUT2D eigenvalue weighted by Gasteiger charge is 2.42. The van der Waals surface area contributed by atoms with E-state index >= 15 is 0 Å². The van der Waals surface area contributed by atoms with Crippen LogP contribution in [-0.4, -0.2) is 38.4 Å². The molecule has 0 saturated carbocycles. The van der Waals surface area contributed by atoms with E-state index in [0.717, 1.165) is 11.3 Å². The number of dihydropyridines is 1. The monoisotopic (exact) mass is 509 g/mol. The maximum atomic E-state index is 13.7. The molecule has 0 bridgehead atoms. The van der Waals surface area contributed by atoms with Crippen LogP contribution < -0.4 is 14.8 Å². The Morgan fingerprint density at radius 3 is 2.61 bits per heavy atom. The minimum Gasteiger partial charge on any atom is -0.460 e. The van der Waals surface area contributed by atoms with Crippen molar-refractivity contribution in [1.82, 2.24) is 5.32 Å². The Labute approximate surface area is 215 Å². The molecule has 0 aromatic heterocycles. The number of carbonyl (C=O) groups is 2. The van der Waals surface area contributed by atoms with E-state index in [1.54, 1.807) is 12.1 Å². The van der Waals surface area contributed by atoms with Gasteiger partial charge in [-0.15, -0.1) is 0 Å². The summed E-state index contributed by atoms with van der Waals surface area (Å²) in [4.78, 5) is 27.1. The van der Waals surface area contributed by atoms with Crippen LogP contribution in [0.3, 0.4) is 0 Å². The van der Waals surface area contributed by atoms with Crippen LogP contribution in [0.1, 0.15) is 49.7 Å². The summed E-state index contributed by atoms with van der Waals surface area (Å²) in [6.45, 7) is 4.73. The standard InChI is InChI=1S/C28H28ClNO6/c1-3-33-9-10-34-28(32)25-16(2)30-21-11-18(17-7-5-4-6-8-17)12-22(31)27(21)26(25)19-13-23-24(14-20(19)29)36-15-35-23/h4-8,13-14,18,26,30H,3,9-12,15H2,1-2H3/t18-,26-/m1/s1. The number of rotatable bonds is 7. The van der Waals surface area contributed by atoms with E-state index in [4.69, 9.17) is 30.5 Å². The highest BCUT2D eigenvalue weighted by molar-refractivity contribution is 6.32. The lowest BCUT2D eigenvalue weighted by Crippen LogP contribution is -2.36. The van der Waals surface area contributed by atoms with Crippen LogP contribution in [0.25, 0.3) is 0 Å². The molecule has 7 nitrogen and oxygen atoms in total. The Bertz CT molecular complexity index is 1250. The van der Waals surface area contributed by atoms with Crippen molar-refractivity contribution >= 4 is 23.4 Å². The van der Waals surface area contributed by atoms with E-state index in [0.29, 0.717) is 65.0 Å². The Morgan fingerprint density at radius 2 is 1.86 bits per heavy atom. The Hall–Kier alpha value is -3.29. The van der Waals surface area contributed by atoms with Crippen LogP contribution in [-0.2, 0) is 19.1 Å². The fourth-order valence-electron chi connectivity index (χ4n) is 5.15. The van der Waals surface area contributed by atoms with Crippen molar-refractivity contribution < 1.29 is 28.5 Å². The molecule has 0 radical (unpaired) electrons. The average molecular weight is 510 g/mol. The molecule has 0 spiro atoms. The number of hydrogen-bond donors (Lipinski definition) is 1. The van der Waals surface area contributed by atoms with Crippen molar-refractivity contribution in [2.24, 2.45) is 0 Å². The molecule has 2 atom stereocenters. The number of fused-ring (bicyclic) bond motifs is 1. The first-order valence-electron chi connectivity index (χ1n) is 12.1. The van der Waals surface area contributed by atoms with Gasteiger partial charge in [-0.3, -0.25) is 4.79 Å². The summed E-state index contributed by atoms with van der Waals surface area (Å²) in [6.07, 6.45) is 0.989. The smallest absolute Gasteiger partial charge is 0.336 e. The van der Waals surface area contributed by atoms with E-state index in [2.05, 4.69) is 5.32 Å². The average Bonchev–Trinajstić information content (AvgIpc) is 3.32. The molecule has 1 N–H and O–H groups in total. The summed E-state index contributed by atoms with van der Waals surface area (Å²) in [6, 6.07) is 13.5. The van der Waals surface area contributed by atoms with Gasteiger partial charge >= 0.3 is 5.97 Å². The van der Waals surface area contributed by atoms with Gasteiger partial charge in [-0.25, -0.2) is 4.79 Å². The van der Waals surface area contributed by atoms with E-state index < -0.39 is 11.9 Å². The second-order valence-corrected chi connectivity index (χ2v) is 9.39. The zero-order valence-corrected chi connectivity index (χ0v) is 21.0. The zero-order valence-electron chi connectivity index (χ0n) is 20.3. The van der Waals surface area contributed by atoms with Gasteiger partial charge in [-0.05, 0) is 43.4 Å². The molecule has 1 aliphatic carbocycles. The number of nitrogens with one attached hydrogen (secondary N) is 1. The van der Waals surface area contributed by atoms with Crippen LogP contribution >= 0.6 is 11.6 Å². The first kappa shape index (κ1) is 24.4. The summed E-state index contributed by atoms with van der Waals surface area (Å²) in [5.41, 5.74) is 4.07.